The minimum atomic E-state index is -0.852. The van der Waals surface area contributed by atoms with Gasteiger partial charge in [0.2, 0.25) is 0 Å². The lowest BCUT2D eigenvalue weighted by Gasteiger charge is -2.24. The van der Waals surface area contributed by atoms with Gasteiger partial charge in [-0.3, -0.25) is 9.59 Å². The number of anilines is 1. The van der Waals surface area contributed by atoms with Crippen molar-refractivity contribution in [1.29, 1.82) is 0 Å². The van der Waals surface area contributed by atoms with Crippen molar-refractivity contribution < 1.29 is 14.7 Å². The maximum atomic E-state index is 11.4. The maximum absolute atomic E-state index is 11.4. The zero-order valence-corrected chi connectivity index (χ0v) is 14.0. The van der Waals surface area contributed by atoms with Crippen LogP contribution in [0.25, 0.3) is 0 Å². The fraction of sp³-hybridized carbons (Fsp3) is 0.467. The normalized spacial score (nSPS) is 12.8. The number of rotatable bonds is 6. The van der Waals surface area contributed by atoms with E-state index in [1.165, 1.54) is 0 Å². The molecule has 1 unspecified atom stereocenters. The largest absolute Gasteiger partial charge is 0.481 e. The third-order valence-electron chi connectivity index (χ3n) is 2.99. The predicted molar refractivity (Wildman–Crippen MR) is 86.3 cm³/mol. The summed E-state index contributed by atoms with van der Waals surface area (Å²) in [6.45, 7) is 6.24. The van der Waals surface area contributed by atoms with Crippen molar-refractivity contribution in [1.82, 2.24) is 0 Å². The van der Waals surface area contributed by atoms with Crippen LogP contribution in [0.1, 0.15) is 37.6 Å². The number of hydrogen-bond acceptors (Lipinski definition) is 3. The van der Waals surface area contributed by atoms with E-state index < -0.39 is 17.8 Å². The molecule has 0 radical (unpaired) electrons. The number of aliphatic carboxylic acids is 1. The summed E-state index contributed by atoms with van der Waals surface area (Å²) in [5.74, 6) is -1.94. The minimum Gasteiger partial charge on any atom is -0.481 e. The molecule has 0 aliphatic carbocycles. The molecule has 1 atom stereocenters. The van der Waals surface area contributed by atoms with Gasteiger partial charge in [-0.2, -0.15) is 0 Å². The average Bonchev–Trinajstić information content (AvgIpc) is 2.33. The highest BCUT2D eigenvalue weighted by Crippen LogP contribution is 2.26. The molecular formula is C15H21BrN2O3. The van der Waals surface area contributed by atoms with Crippen LogP contribution in [-0.2, 0) is 4.79 Å². The fourth-order valence-corrected chi connectivity index (χ4v) is 2.45. The smallest absolute Gasteiger partial charge is 0.308 e. The van der Waals surface area contributed by atoms with Gasteiger partial charge in [-0.15, -0.1) is 0 Å². The molecule has 0 heterocycles. The van der Waals surface area contributed by atoms with Crippen LogP contribution in [0.15, 0.2) is 22.7 Å². The molecule has 5 nitrogen and oxygen atoms in total. The van der Waals surface area contributed by atoms with Crippen LogP contribution in [0.5, 0.6) is 0 Å². The first kappa shape index (κ1) is 17.5. The Labute approximate surface area is 133 Å². The van der Waals surface area contributed by atoms with Crippen LogP contribution in [0, 0.1) is 11.3 Å². The third kappa shape index (κ3) is 5.75. The molecule has 6 heteroatoms. The standard InChI is InChI=1S/C15H21BrN2O3/c1-15(2,3)7-9(14(20)21)8-18-12-5-4-10(16)6-11(12)13(17)19/h4-6,9,18H,7-8H2,1-3H3,(H2,17,19)(H,20,21). The van der Waals surface area contributed by atoms with Crippen molar-refractivity contribution in [2.45, 2.75) is 27.2 Å². The number of nitrogens with one attached hydrogen (secondary N) is 1. The predicted octanol–water partition coefficient (Wildman–Crippen LogP) is 3.10. The second-order valence-electron chi connectivity index (χ2n) is 6.24. The molecule has 1 aromatic rings. The van der Waals surface area contributed by atoms with Crippen molar-refractivity contribution >= 4 is 33.5 Å². The molecule has 0 aromatic heterocycles. The van der Waals surface area contributed by atoms with E-state index in [9.17, 15) is 14.7 Å². The summed E-state index contributed by atoms with van der Waals surface area (Å²) in [5.41, 5.74) is 6.13. The second kappa shape index (κ2) is 6.93. The van der Waals surface area contributed by atoms with E-state index in [1.54, 1.807) is 18.2 Å². The second-order valence-corrected chi connectivity index (χ2v) is 7.15. The molecular weight excluding hydrogens is 336 g/mol. The molecule has 0 saturated carbocycles. The Morgan fingerprint density at radius 3 is 2.48 bits per heavy atom. The maximum Gasteiger partial charge on any atom is 0.308 e. The number of halogens is 1. The molecule has 4 N–H and O–H groups in total. The highest BCUT2D eigenvalue weighted by atomic mass is 79.9. The Kier molecular flexibility index (Phi) is 5.78. The molecule has 1 amide bonds. The average molecular weight is 357 g/mol. The molecule has 116 valence electrons. The number of primary amides is 1. The Morgan fingerprint density at radius 2 is 2.00 bits per heavy atom. The van der Waals surface area contributed by atoms with Gasteiger partial charge in [-0.1, -0.05) is 36.7 Å². The van der Waals surface area contributed by atoms with Gasteiger partial charge in [-0.25, -0.2) is 0 Å². The van der Waals surface area contributed by atoms with Crippen molar-refractivity contribution in [2.24, 2.45) is 17.1 Å². The highest BCUT2D eigenvalue weighted by Gasteiger charge is 2.24. The van der Waals surface area contributed by atoms with E-state index in [4.69, 9.17) is 5.73 Å². The number of amides is 1. The molecule has 1 aromatic carbocycles. The van der Waals surface area contributed by atoms with Gasteiger partial charge in [0.05, 0.1) is 11.5 Å². The summed E-state index contributed by atoms with van der Waals surface area (Å²) >= 11 is 3.28. The lowest BCUT2D eigenvalue weighted by molar-refractivity contribution is -0.142. The van der Waals surface area contributed by atoms with Gasteiger partial charge in [0.15, 0.2) is 0 Å². The van der Waals surface area contributed by atoms with Crippen molar-refractivity contribution in [3.05, 3.63) is 28.2 Å². The molecule has 1 rings (SSSR count). The highest BCUT2D eigenvalue weighted by molar-refractivity contribution is 9.10. The number of hydrogen-bond donors (Lipinski definition) is 3. The van der Waals surface area contributed by atoms with E-state index in [1.807, 2.05) is 20.8 Å². The van der Waals surface area contributed by atoms with E-state index >= 15 is 0 Å². The van der Waals surface area contributed by atoms with Gasteiger partial charge in [0.1, 0.15) is 0 Å². The Bertz CT molecular complexity index is 538. The van der Waals surface area contributed by atoms with Crippen LogP contribution in [-0.4, -0.2) is 23.5 Å². The van der Waals surface area contributed by atoms with Crippen LogP contribution in [0.4, 0.5) is 5.69 Å². The summed E-state index contributed by atoms with van der Waals surface area (Å²) in [6, 6.07) is 5.10. The number of carboxylic acid groups (broad SMARTS) is 1. The van der Waals surface area contributed by atoms with Gasteiger partial charge in [0, 0.05) is 16.7 Å². The number of nitrogens with two attached hydrogens (primary N) is 1. The molecule has 0 fully saturated rings. The van der Waals surface area contributed by atoms with Gasteiger partial charge in [0.25, 0.3) is 5.91 Å². The lowest BCUT2D eigenvalue weighted by Crippen LogP contribution is -2.28. The topological polar surface area (TPSA) is 92.4 Å². The van der Waals surface area contributed by atoms with Gasteiger partial charge >= 0.3 is 5.97 Å². The molecule has 0 spiro atoms. The molecule has 21 heavy (non-hydrogen) atoms. The molecule has 0 bridgehead atoms. The third-order valence-corrected chi connectivity index (χ3v) is 3.49. The minimum absolute atomic E-state index is 0.0863. The Balaban J connectivity index is 2.86. The van der Waals surface area contributed by atoms with Crippen LogP contribution >= 0.6 is 15.9 Å². The van der Waals surface area contributed by atoms with Crippen LogP contribution < -0.4 is 11.1 Å². The van der Waals surface area contributed by atoms with Crippen LogP contribution in [0.2, 0.25) is 0 Å². The Morgan fingerprint density at radius 1 is 1.38 bits per heavy atom. The zero-order chi connectivity index (χ0) is 16.2. The number of carboxylic acids is 1. The zero-order valence-electron chi connectivity index (χ0n) is 12.4. The fourth-order valence-electron chi connectivity index (χ4n) is 2.09. The van der Waals surface area contributed by atoms with Crippen molar-refractivity contribution in [3.8, 4) is 0 Å². The first-order valence-corrected chi connectivity index (χ1v) is 7.45. The SMILES string of the molecule is CC(C)(C)CC(CNc1ccc(Br)cc1C(N)=O)C(=O)O. The van der Waals surface area contributed by atoms with Gasteiger partial charge < -0.3 is 16.2 Å². The lowest BCUT2D eigenvalue weighted by atomic mass is 9.84. The summed E-state index contributed by atoms with van der Waals surface area (Å²) in [7, 11) is 0. The molecule has 0 saturated heterocycles. The molecule has 0 aliphatic heterocycles. The van der Waals surface area contributed by atoms with E-state index in [0.29, 0.717) is 17.7 Å². The monoisotopic (exact) mass is 356 g/mol. The summed E-state index contributed by atoms with van der Waals surface area (Å²) in [5, 5.41) is 12.3. The quantitative estimate of drug-likeness (QED) is 0.729. The number of carbonyl (C=O) groups is 2. The summed E-state index contributed by atoms with van der Waals surface area (Å²) in [6.07, 6.45) is 0.539. The van der Waals surface area contributed by atoms with Crippen molar-refractivity contribution in [3.63, 3.8) is 0 Å². The molecule has 0 aliphatic rings. The summed E-state index contributed by atoms with van der Waals surface area (Å²) in [4.78, 5) is 22.8. The van der Waals surface area contributed by atoms with E-state index in [2.05, 4.69) is 21.2 Å². The van der Waals surface area contributed by atoms with Crippen LogP contribution in [0.3, 0.4) is 0 Å². The number of benzene rings is 1. The van der Waals surface area contributed by atoms with Crippen molar-refractivity contribution in [2.75, 3.05) is 11.9 Å². The first-order valence-electron chi connectivity index (χ1n) is 6.66. The summed E-state index contributed by atoms with van der Waals surface area (Å²) < 4.78 is 0.742. The number of carbonyl (C=O) groups excluding carboxylic acids is 1. The van der Waals surface area contributed by atoms with E-state index in [-0.39, 0.29) is 12.0 Å². The first-order chi connectivity index (χ1) is 9.60. The Hall–Kier alpha value is -1.56. The van der Waals surface area contributed by atoms with Gasteiger partial charge in [-0.05, 0) is 30.0 Å². The van der Waals surface area contributed by atoms with E-state index in [0.717, 1.165) is 4.47 Å².